The third kappa shape index (κ3) is 2.87. The summed E-state index contributed by atoms with van der Waals surface area (Å²) in [4.78, 5) is 23.9. The first-order valence-corrected chi connectivity index (χ1v) is 7.44. The van der Waals surface area contributed by atoms with Crippen LogP contribution >= 0.6 is 15.9 Å². The second-order valence-corrected chi connectivity index (χ2v) is 5.75. The van der Waals surface area contributed by atoms with E-state index >= 15 is 0 Å². The minimum atomic E-state index is -1.21. The Labute approximate surface area is 138 Å². The van der Waals surface area contributed by atoms with Crippen molar-refractivity contribution < 1.29 is 14.3 Å². The quantitative estimate of drug-likeness (QED) is 0.762. The number of carboxylic acid groups (broad SMARTS) is 1. The van der Waals surface area contributed by atoms with Gasteiger partial charge in [-0.2, -0.15) is 5.10 Å². The monoisotopic (exact) mass is 376 g/mol. The van der Waals surface area contributed by atoms with Crippen LogP contribution in [0.4, 0.5) is 4.39 Å². The summed E-state index contributed by atoms with van der Waals surface area (Å²) in [5.41, 5.74) is 0.0212. The molecule has 1 heterocycles. The molecule has 0 aliphatic carbocycles. The number of benzene rings is 2. The average molecular weight is 377 g/mol. The third-order valence-corrected chi connectivity index (χ3v) is 4.14. The minimum Gasteiger partial charge on any atom is -0.476 e. The standard InChI is InChI=1S/C16H10BrFN2O3/c17-13-7-10(18)6-5-9(13)8-20-15(21)12-4-2-1-3-11(12)14(19-20)16(22)23/h1-7H,8H2,(H,22,23). The number of aromatic carboxylic acids is 1. The fourth-order valence-corrected chi connectivity index (χ4v) is 2.79. The number of hydrogen-bond acceptors (Lipinski definition) is 3. The van der Waals surface area contributed by atoms with Crippen LogP contribution in [0.5, 0.6) is 0 Å². The highest BCUT2D eigenvalue weighted by Gasteiger charge is 2.16. The van der Waals surface area contributed by atoms with Gasteiger partial charge in [0.1, 0.15) is 5.82 Å². The molecule has 5 nitrogen and oxygen atoms in total. The van der Waals surface area contributed by atoms with Gasteiger partial charge in [-0.3, -0.25) is 4.79 Å². The van der Waals surface area contributed by atoms with Crippen LogP contribution in [0.25, 0.3) is 10.8 Å². The molecule has 3 rings (SSSR count). The fourth-order valence-electron chi connectivity index (χ4n) is 2.31. The van der Waals surface area contributed by atoms with Gasteiger partial charge in [0.2, 0.25) is 0 Å². The average Bonchev–Trinajstić information content (AvgIpc) is 2.52. The van der Waals surface area contributed by atoms with Crippen molar-refractivity contribution in [2.75, 3.05) is 0 Å². The lowest BCUT2D eigenvalue weighted by Gasteiger charge is -2.10. The van der Waals surface area contributed by atoms with E-state index in [1.165, 1.54) is 18.2 Å². The molecule has 0 saturated heterocycles. The van der Waals surface area contributed by atoms with Gasteiger partial charge in [0.15, 0.2) is 5.69 Å². The van der Waals surface area contributed by atoms with Crippen molar-refractivity contribution >= 4 is 32.7 Å². The molecular formula is C16H10BrFN2O3. The predicted octanol–water partition coefficient (Wildman–Crippen LogP) is 3.04. The molecule has 0 aliphatic heterocycles. The summed E-state index contributed by atoms with van der Waals surface area (Å²) in [7, 11) is 0. The smallest absolute Gasteiger partial charge is 0.357 e. The SMILES string of the molecule is O=C(O)c1nn(Cc2ccc(F)cc2Br)c(=O)c2ccccc12. The molecule has 0 amide bonds. The van der Waals surface area contributed by atoms with Crippen LogP contribution in [-0.2, 0) is 6.54 Å². The van der Waals surface area contributed by atoms with Crippen molar-refractivity contribution in [3.63, 3.8) is 0 Å². The Bertz CT molecular complexity index is 985. The number of nitrogens with zero attached hydrogens (tertiary/aromatic N) is 2. The van der Waals surface area contributed by atoms with Crippen LogP contribution in [0.3, 0.4) is 0 Å². The molecule has 0 radical (unpaired) electrons. The molecular weight excluding hydrogens is 367 g/mol. The van der Waals surface area contributed by atoms with Crippen LogP contribution in [0.1, 0.15) is 16.1 Å². The molecule has 116 valence electrons. The second kappa shape index (κ2) is 5.92. The summed E-state index contributed by atoms with van der Waals surface area (Å²) in [6.07, 6.45) is 0. The van der Waals surface area contributed by atoms with Crippen molar-refractivity contribution in [3.05, 3.63) is 74.4 Å². The van der Waals surface area contributed by atoms with E-state index in [1.807, 2.05) is 0 Å². The Kier molecular flexibility index (Phi) is 3.96. The number of carboxylic acids is 1. The van der Waals surface area contributed by atoms with E-state index in [4.69, 9.17) is 0 Å². The van der Waals surface area contributed by atoms with Crippen molar-refractivity contribution in [1.82, 2.24) is 9.78 Å². The summed E-state index contributed by atoms with van der Waals surface area (Å²) in [5.74, 6) is -1.63. The molecule has 0 saturated carbocycles. The lowest BCUT2D eigenvalue weighted by atomic mass is 10.1. The largest absolute Gasteiger partial charge is 0.476 e. The van der Waals surface area contributed by atoms with E-state index in [0.717, 1.165) is 4.68 Å². The first kappa shape index (κ1) is 15.4. The summed E-state index contributed by atoms with van der Waals surface area (Å²) in [6, 6.07) is 10.5. The van der Waals surface area contributed by atoms with Gasteiger partial charge >= 0.3 is 5.97 Å². The van der Waals surface area contributed by atoms with E-state index in [-0.39, 0.29) is 17.6 Å². The Morgan fingerprint density at radius 1 is 1.22 bits per heavy atom. The highest BCUT2D eigenvalue weighted by atomic mass is 79.9. The number of hydrogen-bond donors (Lipinski definition) is 1. The van der Waals surface area contributed by atoms with Gasteiger partial charge in [-0.1, -0.05) is 40.2 Å². The zero-order valence-electron chi connectivity index (χ0n) is 11.7. The lowest BCUT2D eigenvalue weighted by Crippen LogP contribution is -2.26. The molecule has 7 heteroatoms. The van der Waals surface area contributed by atoms with E-state index in [0.29, 0.717) is 15.4 Å². The first-order chi connectivity index (χ1) is 11.0. The number of rotatable bonds is 3. The van der Waals surface area contributed by atoms with Gasteiger partial charge in [-0.15, -0.1) is 0 Å². The Morgan fingerprint density at radius 2 is 1.91 bits per heavy atom. The second-order valence-electron chi connectivity index (χ2n) is 4.90. The third-order valence-electron chi connectivity index (χ3n) is 3.41. The van der Waals surface area contributed by atoms with Gasteiger partial charge in [0.05, 0.1) is 11.9 Å². The number of halogens is 2. The molecule has 0 fully saturated rings. The molecule has 0 unspecified atom stereocenters. The maximum atomic E-state index is 13.2. The van der Waals surface area contributed by atoms with Crippen LogP contribution in [0, 0.1) is 5.82 Å². The molecule has 2 aromatic carbocycles. The molecule has 1 aromatic heterocycles. The van der Waals surface area contributed by atoms with Gasteiger partial charge < -0.3 is 5.11 Å². The molecule has 0 aliphatic rings. The van der Waals surface area contributed by atoms with Gasteiger partial charge in [-0.05, 0) is 23.8 Å². The molecule has 0 spiro atoms. The fraction of sp³-hybridized carbons (Fsp3) is 0.0625. The van der Waals surface area contributed by atoms with Gasteiger partial charge in [0, 0.05) is 9.86 Å². The zero-order chi connectivity index (χ0) is 16.6. The maximum absolute atomic E-state index is 13.2. The predicted molar refractivity (Wildman–Crippen MR) is 86.2 cm³/mol. The maximum Gasteiger partial charge on any atom is 0.357 e. The zero-order valence-corrected chi connectivity index (χ0v) is 13.2. The number of carbonyl (C=O) groups is 1. The van der Waals surface area contributed by atoms with Crippen LogP contribution < -0.4 is 5.56 Å². The van der Waals surface area contributed by atoms with Crippen molar-refractivity contribution in [3.8, 4) is 0 Å². The molecule has 0 bridgehead atoms. The summed E-state index contributed by atoms with van der Waals surface area (Å²) >= 11 is 3.23. The lowest BCUT2D eigenvalue weighted by molar-refractivity contribution is 0.0690. The van der Waals surface area contributed by atoms with Crippen LogP contribution in [-0.4, -0.2) is 20.9 Å². The Morgan fingerprint density at radius 3 is 2.57 bits per heavy atom. The van der Waals surface area contributed by atoms with Crippen molar-refractivity contribution in [2.45, 2.75) is 6.54 Å². The highest BCUT2D eigenvalue weighted by Crippen LogP contribution is 2.19. The van der Waals surface area contributed by atoms with Crippen LogP contribution in [0.15, 0.2) is 51.7 Å². The van der Waals surface area contributed by atoms with E-state index in [9.17, 15) is 19.1 Å². The highest BCUT2D eigenvalue weighted by molar-refractivity contribution is 9.10. The Hall–Kier alpha value is -2.54. The summed E-state index contributed by atoms with van der Waals surface area (Å²) < 4.78 is 14.7. The normalized spacial score (nSPS) is 10.9. The van der Waals surface area contributed by atoms with Gasteiger partial charge in [0.25, 0.3) is 5.56 Å². The number of fused-ring (bicyclic) bond motifs is 1. The topological polar surface area (TPSA) is 72.2 Å². The molecule has 3 aromatic rings. The van der Waals surface area contributed by atoms with Gasteiger partial charge in [-0.25, -0.2) is 13.9 Å². The molecule has 0 atom stereocenters. The summed E-state index contributed by atoms with van der Waals surface area (Å²) in [6.45, 7) is 0.0326. The first-order valence-electron chi connectivity index (χ1n) is 6.64. The molecule has 23 heavy (non-hydrogen) atoms. The van der Waals surface area contributed by atoms with E-state index in [1.54, 1.807) is 24.3 Å². The van der Waals surface area contributed by atoms with Crippen molar-refractivity contribution in [1.29, 1.82) is 0 Å². The van der Waals surface area contributed by atoms with E-state index in [2.05, 4.69) is 21.0 Å². The van der Waals surface area contributed by atoms with E-state index < -0.39 is 17.3 Å². The van der Waals surface area contributed by atoms with Crippen molar-refractivity contribution in [2.24, 2.45) is 0 Å². The minimum absolute atomic E-state index is 0.0326. The molecule has 1 N–H and O–H groups in total. The summed E-state index contributed by atoms with van der Waals surface area (Å²) in [5, 5.41) is 13.8. The number of aromatic nitrogens is 2. The Balaban J connectivity index is 2.20. The van der Waals surface area contributed by atoms with Crippen LogP contribution in [0.2, 0.25) is 0 Å².